The van der Waals surface area contributed by atoms with Gasteiger partial charge in [0.25, 0.3) is 0 Å². The van der Waals surface area contributed by atoms with Crippen LogP contribution in [0.2, 0.25) is 0 Å². The van der Waals surface area contributed by atoms with E-state index in [9.17, 15) is 9.59 Å². The first-order valence-electron chi connectivity index (χ1n) is 10.1. The van der Waals surface area contributed by atoms with Crippen molar-refractivity contribution in [3.05, 3.63) is 144 Å². The van der Waals surface area contributed by atoms with Crippen molar-refractivity contribution in [3.63, 3.8) is 0 Å². The molecule has 1 aliphatic carbocycles. The fourth-order valence-electron chi connectivity index (χ4n) is 4.84. The maximum Gasteiger partial charge on any atom is 0.177 e. The zero-order valence-electron chi connectivity index (χ0n) is 16.4. The standard InChI is InChI=1S/C28H20O2/c29-25-27(21-13-5-1-6-14-21,22-15-7-2-8-16-22)26(30)28(25,23-17-9-3-10-18-23)24-19-11-4-12-20-24/h1-20H. The topological polar surface area (TPSA) is 34.1 Å². The zero-order valence-corrected chi connectivity index (χ0v) is 16.4. The molecule has 0 unspecified atom stereocenters. The molecule has 0 radical (unpaired) electrons. The van der Waals surface area contributed by atoms with Crippen LogP contribution in [-0.4, -0.2) is 11.6 Å². The first kappa shape index (κ1) is 18.3. The Morgan fingerprint density at radius 1 is 0.333 bits per heavy atom. The van der Waals surface area contributed by atoms with E-state index in [1.807, 2.05) is 121 Å². The van der Waals surface area contributed by atoms with Gasteiger partial charge in [-0.1, -0.05) is 121 Å². The van der Waals surface area contributed by atoms with Gasteiger partial charge < -0.3 is 0 Å². The van der Waals surface area contributed by atoms with Gasteiger partial charge in [0.2, 0.25) is 0 Å². The molecule has 144 valence electrons. The highest BCUT2D eigenvalue weighted by Crippen LogP contribution is 2.56. The summed E-state index contributed by atoms with van der Waals surface area (Å²) >= 11 is 0. The van der Waals surface area contributed by atoms with E-state index in [1.54, 1.807) is 0 Å². The van der Waals surface area contributed by atoms with E-state index >= 15 is 0 Å². The summed E-state index contributed by atoms with van der Waals surface area (Å²) in [7, 11) is 0. The number of ketones is 2. The lowest BCUT2D eigenvalue weighted by Gasteiger charge is -2.53. The average Bonchev–Trinajstić information content (AvgIpc) is 2.83. The first-order valence-corrected chi connectivity index (χ1v) is 10.1. The molecule has 0 bridgehead atoms. The molecular weight excluding hydrogens is 368 g/mol. The molecule has 0 aromatic heterocycles. The number of hydrogen-bond acceptors (Lipinski definition) is 2. The molecule has 0 amide bonds. The molecule has 1 fully saturated rings. The number of Topliss-reactive ketones (excluding diaryl/α,β-unsaturated/α-hetero) is 2. The minimum Gasteiger partial charge on any atom is -0.296 e. The van der Waals surface area contributed by atoms with E-state index in [-0.39, 0.29) is 11.6 Å². The lowest BCUT2D eigenvalue weighted by Crippen LogP contribution is -2.72. The van der Waals surface area contributed by atoms with Gasteiger partial charge in [-0.25, -0.2) is 0 Å². The summed E-state index contributed by atoms with van der Waals surface area (Å²) in [6, 6.07) is 37.7. The van der Waals surface area contributed by atoms with Gasteiger partial charge in [-0.2, -0.15) is 0 Å². The summed E-state index contributed by atoms with van der Waals surface area (Å²) in [5.41, 5.74) is 0.243. The van der Waals surface area contributed by atoms with E-state index in [0.29, 0.717) is 22.3 Å². The van der Waals surface area contributed by atoms with Gasteiger partial charge in [-0.05, 0) is 22.3 Å². The third-order valence-corrected chi connectivity index (χ3v) is 6.19. The quantitative estimate of drug-likeness (QED) is 0.455. The van der Waals surface area contributed by atoms with Gasteiger partial charge in [-0.3, -0.25) is 9.59 Å². The number of benzene rings is 4. The van der Waals surface area contributed by atoms with Crippen molar-refractivity contribution in [2.75, 3.05) is 0 Å². The van der Waals surface area contributed by atoms with Crippen LogP contribution in [-0.2, 0) is 20.4 Å². The SMILES string of the molecule is O=C1C(c2ccccc2)(c2ccccc2)C(=O)C1(c1ccccc1)c1ccccc1. The van der Waals surface area contributed by atoms with Crippen molar-refractivity contribution >= 4 is 11.6 Å². The third-order valence-electron chi connectivity index (χ3n) is 6.19. The Morgan fingerprint density at radius 3 is 0.733 bits per heavy atom. The van der Waals surface area contributed by atoms with Crippen molar-refractivity contribution in [1.29, 1.82) is 0 Å². The molecule has 0 aliphatic heterocycles. The number of hydrogen-bond donors (Lipinski definition) is 0. The van der Waals surface area contributed by atoms with Crippen molar-refractivity contribution in [2.45, 2.75) is 10.8 Å². The van der Waals surface area contributed by atoms with Crippen molar-refractivity contribution in [3.8, 4) is 0 Å². The molecule has 0 N–H and O–H groups in total. The van der Waals surface area contributed by atoms with Crippen molar-refractivity contribution in [1.82, 2.24) is 0 Å². The molecule has 30 heavy (non-hydrogen) atoms. The van der Waals surface area contributed by atoms with Crippen molar-refractivity contribution in [2.24, 2.45) is 0 Å². The van der Waals surface area contributed by atoms with Crippen LogP contribution in [0.1, 0.15) is 22.3 Å². The molecule has 1 saturated carbocycles. The first-order chi connectivity index (χ1) is 14.7. The monoisotopic (exact) mass is 388 g/mol. The maximum atomic E-state index is 14.4. The summed E-state index contributed by atoms with van der Waals surface area (Å²) in [4.78, 5) is 28.8. The van der Waals surface area contributed by atoms with Crippen LogP contribution in [0.4, 0.5) is 0 Å². The molecule has 4 aromatic rings. The summed E-state index contributed by atoms with van der Waals surface area (Å²) in [5, 5.41) is 0. The highest BCUT2D eigenvalue weighted by atomic mass is 16.2. The van der Waals surface area contributed by atoms with Crippen LogP contribution in [0.25, 0.3) is 0 Å². The highest BCUT2D eigenvalue weighted by molar-refractivity contribution is 6.42. The smallest absolute Gasteiger partial charge is 0.177 e. The van der Waals surface area contributed by atoms with Crippen LogP contribution in [0.3, 0.4) is 0 Å². The Labute approximate surface area is 175 Å². The van der Waals surface area contributed by atoms with Gasteiger partial charge in [0.05, 0.1) is 0 Å². The molecule has 0 atom stereocenters. The van der Waals surface area contributed by atoms with Gasteiger partial charge >= 0.3 is 0 Å². The summed E-state index contributed by atoms with van der Waals surface area (Å²) in [6.45, 7) is 0. The van der Waals surface area contributed by atoms with Crippen molar-refractivity contribution < 1.29 is 9.59 Å². The Bertz CT molecular complexity index is 1000. The molecule has 2 heteroatoms. The molecule has 0 heterocycles. The van der Waals surface area contributed by atoms with E-state index in [1.165, 1.54) is 0 Å². The van der Waals surface area contributed by atoms with Crippen LogP contribution in [0.5, 0.6) is 0 Å². The average molecular weight is 388 g/mol. The predicted octanol–water partition coefficient (Wildman–Crippen LogP) is 5.11. The lowest BCUT2D eigenvalue weighted by atomic mass is 9.42. The van der Waals surface area contributed by atoms with E-state index in [0.717, 1.165) is 0 Å². The van der Waals surface area contributed by atoms with E-state index < -0.39 is 10.8 Å². The molecule has 5 rings (SSSR count). The van der Waals surface area contributed by atoms with Gasteiger partial charge in [0, 0.05) is 0 Å². The van der Waals surface area contributed by atoms with Crippen LogP contribution in [0, 0.1) is 0 Å². The van der Waals surface area contributed by atoms with E-state index in [4.69, 9.17) is 0 Å². The van der Waals surface area contributed by atoms with Gasteiger partial charge in [0.15, 0.2) is 11.6 Å². The second-order valence-corrected chi connectivity index (χ2v) is 7.62. The fraction of sp³-hybridized carbons (Fsp3) is 0.0714. The molecule has 0 saturated heterocycles. The number of carbonyl (C=O) groups is 2. The zero-order chi connectivity index (χ0) is 20.6. The van der Waals surface area contributed by atoms with Crippen LogP contribution >= 0.6 is 0 Å². The van der Waals surface area contributed by atoms with E-state index in [2.05, 4.69) is 0 Å². The third kappa shape index (κ3) is 2.25. The molecule has 0 spiro atoms. The van der Waals surface area contributed by atoms with Crippen LogP contribution in [0.15, 0.2) is 121 Å². The highest BCUT2D eigenvalue weighted by Gasteiger charge is 2.73. The summed E-state index contributed by atoms with van der Waals surface area (Å²) in [5.74, 6) is -0.204. The normalized spacial score (nSPS) is 16.7. The second kappa shape index (κ2) is 6.93. The summed E-state index contributed by atoms with van der Waals surface area (Å²) < 4.78 is 0. The molecule has 2 nitrogen and oxygen atoms in total. The molecule has 4 aromatic carbocycles. The second-order valence-electron chi connectivity index (χ2n) is 7.62. The number of rotatable bonds is 4. The predicted molar refractivity (Wildman–Crippen MR) is 117 cm³/mol. The van der Waals surface area contributed by atoms with Crippen LogP contribution < -0.4 is 0 Å². The fourth-order valence-corrected chi connectivity index (χ4v) is 4.84. The Morgan fingerprint density at radius 2 is 0.533 bits per heavy atom. The van der Waals surface area contributed by atoms with Gasteiger partial charge in [-0.15, -0.1) is 0 Å². The Kier molecular flexibility index (Phi) is 4.22. The molecule has 1 aliphatic rings. The Hall–Kier alpha value is -3.78. The maximum absolute atomic E-state index is 14.4. The largest absolute Gasteiger partial charge is 0.296 e. The Balaban J connectivity index is 1.82. The summed E-state index contributed by atoms with van der Waals surface area (Å²) in [6.07, 6.45) is 0. The number of carbonyl (C=O) groups excluding carboxylic acids is 2. The molecular formula is C28H20O2. The minimum absolute atomic E-state index is 0.102. The van der Waals surface area contributed by atoms with Gasteiger partial charge in [0.1, 0.15) is 10.8 Å². The lowest BCUT2D eigenvalue weighted by molar-refractivity contribution is -0.152. The minimum atomic E-state index is -1.31.